The molecular weight excluding hydrogens is 262 g/mol. The third-order valence-corrected chi connectivity index (χ3v) is 3.66. The van der Waals surface area contributed by atoms with Gasteiger partial charge in [0.15, 0.2) is 0 Å². The van der Waals surface area contributed by atoms with Gasteiger partial charge in [0.25, 0.3) is 0 Å². The number of fused-ring (bicyclic) bond motifs is 1. The van der Waals surface area contributed by atoms with Crippen LogP contribution in [0.15, 0.2) is 12.1 Å². The summed E-state index contributed by atoms with van der Waals surface area (Å²) in [6.07, 6.45) is 2.47. The van der Waals surface area contributed by atoms with Crippen molar-refractivity contribution in [2.24, 2.45) is 5.92 Å². The normalized spacial score (nSPS) is 15.7. The fourth-order valence-corrected chi connectivity index (χ4v) is 2.40. The summed E-state index contributed by atoms with van der Waals surface area (Å²) in [5.41, 5.74) is 1.50. The van der Waals surface area contributed by atoms with Crippen molar-refractivity contribution in [2.45, 2.75) is 25.3 Å². The maximum absolute atomic E-state index is 13.5. The number of benzene rings is 1. The molecule has 1 fully saturated rings. The van der Waals surface area contributed by atoms with Gasteiger partial charge in [-0.15, -0.1) is 11.6 Å². The van der Waals surface area contributed by atoms with E-state index in [9.17, 15) is 4.39 Å². The molecule has 0 atom stereocenters. The Bertz CT molecular complexity index is 575. The van der Waals surface area contributed by atoms with E-state index in [2.05, 4.69) is 4.98 Å². The van der Waals surface area contributed by atoms with Gasteiger partial charge in [-0.1, -0.05) is 11.6 Å². The van der Waals surface area contributed by atoms with Crippen LogP contribution in [0, 0.1) is 11.7 Å². The van der Waals surface area contributed by atoms with Gasteiger partial charge in [-0.25, -0.2) is 9.37 Å². The van der Waals surface area contributed by atoms with Crippen molar-refractivity contribution in [3.8, 4) is 0 Å². The second-order valence-electron chi connectivity index (χ2n) is 4.47. The summed E-state index contributed by atoms with van der Waals surface area (Å²) in [7, 11) is 0. The van der Waals surface area contributed by atoms with Gasteiger partial charge in [-0.3, -0.25) is 0 Å². The van der Waals surface area contributed by atoms with E-state index >= 15 is 0 Å². The number of hydrogen-bond acceptors (Lipinski definition) is 1. The van der Waals surface area contributed by atoms with E-state index in [1.54, 1.807) is 6.07 Å². The third-order valence-electron chi connectivity index (χ3n) is 3.13. The zero-order chi connectivity index (χ0) is 12.0. The fraction of sp³-hybridized carbons (Fsp3) is 0.417. The Balaban J connectivity index is 2.17. The fourth-order valence-electron chi connectivity index (χ4n) is 2.03. The third kappa shape index (κ3) is 2.02. The molecule has 5 heteroatoms. The Morgan fingerprint density at radius 1 is 1.41 bits per heavy atom. The van der Waals surface area contributed by atoms with Gasteiger partial charge in [0.05, 0.1) is 21.9 Å². The van der Waals surface area contributed by atoms with Crippen molar-refractivity contribution in [1.82, 2.24) is 9.55 Å². The van der Waals surface area contributed by atoms with Crippen LogP contribution in [0.4, 0.5) is 4.39 Å². The van der Waals surface area contributed by atoms with Gasteiger partial charge >= 0.3 is 0 Å². The second kappa shape index (κ2) is 4.14. The summed E-state index contributed by atoms with van der Waals surface area (Å²) < 4.78 is 15.5. The highest BCUT2D eigenvalue weighted by Gasteiger charge is 2.24. The summed E-state index contributed by atoms with van der Waals surface area (Å²) in [6.45, 7) is 0.875. The van der Waals surface area contributed by atoms with E-state index in [0.717, 1.165) is 17.9 Å². The zero-order valence-corrected chi connectivity index (χ0v) is 10.6. The molecule has 1 aromatic carbocycles. The van der Waals surface area contributed by atoms with Crippen LogP contribution in [-0.2, 0) is 12.4 Å². The van der Waals surface area contributed by atoms with Gasteiger partial charge in [0.1, 0.15) is 11.6 Å². The monoisotopic (exact) mass is 272 g/mol. The second-order valence-corrected chi connectivity index (χ2v) is 5.15. The molecule has 1 aromatic heterocycles. The van der Waals surface area contributed by atoms with Crippen molar-refractivity contribution in [3.05, 3.63) is 28.8 Å². The van der Waals surface area contributed by atoms with Crippen molar-refractivity contribution in [3.63, 3.8) is 0 Å². The maximum atomic E-state index is 13.5. The highest BCUT2D eigenvalue weighted by Crippen LogP contribution is 2.33. The molecule has 0 N–H and O–H groups in total. The first-order valence-electron chi connectivity index (χ1n) is 5.59. The summed E-state index contributed by atoms with van der Waals surface area (Å²) in [4.78, 5) is 4.39. The lowest BCUT2D eigenvalue weighted by Crippen LogP contribution is -2.03. The molecule has 2 nitrogen and oxygen atoms in total. The molecule has 0 bridgehead atoms. The minimum Gasteiger partial charge on any atom is -0.327 e. The van der Waals surface area contributed by atoms with Crippen molar-refractivity contribution < 1.29 is 4.39 Å². The minimum atomic E-state index is -0.405. The number of nitrogens with zero attached hydrogens (tertiary/aromatic N) is 2. The first-order valence-corrected chi connectivity index (χ1v) is 6.50. The zero-order valence-electron chi connectivity index (χ0n) is 9.09. The highest BCUT2D eigenvalue weighted by molar-refractivity contribution is 6.31. The van der Waals surface area contributed by atoms with E-state index in [1.807, 2.05) is 4.57 Å². The molecule has 90 valence electrons. The molecule has 1 saturated carbocycles. The van der Waals surface area contributed by atoms with Crippen LogP contribution in [0.1, 0.15) is 18.7 Å². The molecule has 1 aliphatic carbocycles. The lowest BCUT2D eigenvalue weighted by atomic mass is 10.3. The van der Waals surface area contributed by atoms with Crippen molar-refractivity contribution >= 4 is 34.2 Å². The molecule has 3 rings (SSSR count). The topological polar surface area (TPSA) is 17.8 Å². The van der Waals surface area contributed by atoms with E-state index < -0.39 is 5.82 Å². The van der Waals surface area contributed by atoms with E-state index in [0.29, 0.717) is 17.3 Å². The minimum absolute atomic E-state index is 0.106. The molecule has 0 amide bonds. The standard InChI is InChI=1S/C12H11Cl2FN2/c13-5-12-16-10-3-8(14)9(15)4-11(10)17(12)6-7-1-2-7/h3-4,7H,1-2,5-6H2. The Kier molecular flexibility index (Phi) is 2.75. The molecule has 0 radical (unpaired) electrons. The van der Waals surface area contributed by atoms with Crippen LogP contribution in [0.3, 0.4) is 0 Å². The molecule has 0 aliphatic heterocycles. The predicted molar refractivity (Wildman–Crippen MR) is 67.0 cm³/mol. The summed E-state index contributed by atoms with van der Waals surface area (Å²) >= 11 is 11.6. The Hall–Kier alpha value is -0.800. The molecule has 0 saturated heterocycles. The summed E-state index contributed by atoms with van der Waals surface area (Å²) in [5, 5.41) is 0.106. The van der Waals surface area contributed by atoms with E-state index in [4.69, 9.17) is 23.2 Å². The Morgan fingerprint density at radius 3 is 2.82 bits per heavy atom. The molecule has 2 aromatic rings. The SMILES string of the molecule is Fc1cc2c(cc1Cl)nc(CCl)n2CC1CC1. The molecule has 1 heterocycles. The first kappa shape index (κ1) is 11.3. The molecular formula is C12H11Cl2FN2. The average molecular weight is 273 g/mol. The number of halogens is 3. The highest BCUT2D eigenvalue weighted by atomic mass is 35.5. The van der Waals surface area contributed by atoms with Gasteiger partial charge in [0, 0.05) is 12.6 Å². The number of imidazole rings is 1. The van der Waals surface area contributed by atoms with Crippen LogP contribution < -0.4 is 0 Å². The van der Waals surface area contributed by atoms with Crippen molar-refractivity contribution in [1.29, 1.82) is 0 Å². The largest absolute Gasteiger partial charge is 0.327 e. The van der Waals surface area contributed by atoms with Gasteiger partial charge in [-0.2, -0.15) is 0 Å². The van der Waals surface area contributed by atoms with Crippen LogP contribution in [0.25, 0.3) is 11.0 Å². The molecule has 0 unspecified atom stereocenters. The van der Waals surface area contributed by atoms with Crippen LogP contribution >= 0.6 is 23.2 Å². The van der Waals surface area contributed by atoms with Gasteiger partial charge < -0.3 is 4.57 Å². The summed E-state index contributed by atoms with van der Waals surface area (Å²) in [5.74, 6) is 1.40. The van der Waals surface area contributed by atoms with Crippen LogP contribution in [-0.4, -0.2) is 9.55 Å². The quantitative estimate of drug-likeness (QED) is 0.773. The molecule has 0 spiro atoms. The predicted octanol–water partition coefficient (Wildman–Crippen LogP) is 3.98. The lowest BCUT2D eigenvalue weighted by Gasteiger charge is -2.06. The summed E-state index contributed by atoms with van der Waals surface area (Å²) in [6, 6.07) is 3.01. The molecule has 1 aliphatic rings. The number of rotatable bonds is 3. The lowest BCUT2D eigenvalue weighted by molar-refractivity contribution is 0.613. The first-order chi connectivity index (χ1) is 8.19. The number of hydrogen-bond donors (Lipinski definition) is 0. The average Bonchev–Trinajstić information content (AvgIpc) is 3.06. The van der Waals surface area contributed by atoms with E-state index in [1.165, 1.54) is 18.9 Å². The van der Waals surface area contributed by atoms with Gasteiger partial charge in [0.2, 0.25) is 0 Å². The maximum Gasteiger partial charge on any atom is 0.144 e. The van der Waals surface area contributed by atoms with Crippen molar-refractivity contribution in [2.75, 3.05) is 0 Å². The van der Waals surface area contributed by atoms with E-state index in [-0.39, 0.29) is 5.02 Å². The number of alkyl halides is 1. The Labute approximate surface area is 108 Å². The smallest absolute Gasteiger partial charge is 0.144 e. The Morgan fingerprint density at radius 2 is 2.18 bits per heavy atom. The van der Waals surface area contributed by atoms with Crippen LogP contribution in [0.5, 0.6) is 0 Å². The van der Waals surface area contributed by atoms with Gasteiger partial charge in [-0.05, 0) is 24.8 Å². The number of aromatic nitrogens is 2. The molecule has 17 heavy (non-hydrogen) atoms. The van der Waals surface area contributed by atoms with Crippen LogP contribution in [0.2, 0.25) is 5.02 Å².